The Morgan fingerprint density at radius 1 is 1.21 bits per heavy atom. The average Bonchev–Trinajstić information content (AvgIpc) is 2.19. The van der Waals surface area contributed by atoms with Crippen molar-refractivity contribution in [3.8, 4) is 0 Å². The van der Waals surface area contributed by atoms with E-state index in [1.807, 2.05) is 0 Å². The Balaban J connectivity index is 4.00. The molecule has 0 spiro atoms. The topological polar surface area (TPSA) is 110 Å². The van der Waals surface area contributed by atoms with E-state index in [4.69, 9.17) is 20.4 Å². The van der Waals surface area contributed by atoms with Gasteiger partial charge in [0.05, 0.1) is 25.4 Å². The largest absolute Gasteiger partial charge is 0.478 e. The lowest BCUT2D eigenvalue weighted by Gasteiger charge is -2.28. The minimum Gasteiger partial charge on any atom is -0.478 e. The molecule has 0 atom stereocenters. The predicted molar refractivity (Wildman–Crippen MR) is 48.8 cm³/mol. The van der Waals surface area contributed by atoms with E-state index < -0.39 is 31.3 Å². The Labute approximate surface area is 81.5 Å². The molecule has 0 rings (SSSR count). The third-order valence-corrected chi connectivity index (χ3v) is 1.76. The van der Waals surface area contributed by atoms with E-state index in [1.54, 1.807) is 0 Å². The molecule has 0 aliphatic carbocycles. The molecule has 82 valence electrons. The maximum Gasteiger partial charge on any atom is 0.328 e. The van der Waals surface area contributed by atoms with Gasteiger partial charge in [0.25, 0.3) is 0 Å². The summed E-state index contributed by atoms with van der Waals surface area (Å²) < 4.78 is 0. The van der Waals surface area contributed by atoms with E-state index in [-0.39, 0.29) is 6.54 Å². The van der Waals surface area contributed by atoms with Crippen LogP contribution in [-0.2, 0) is 4.79 Å². The van der Waals surface area contributed by atoms with Gasteiger partial charge in [0.1, 0.15) is 0 Å². The molecule has 0 aromatic rings. The fourth-order valence-corrected chi connectivity index (χ4v) is 0.753. The van der Waals surface area contributed by atoms with Crippen LogP contribution in [0.15, 0.2) is 12.2 Å². The summed E-state index contributed by atoms with van der Waals surface area (Å²) in [5.41, 5.74) is -1.16. The van der Waals surface area contributed by atoms with Gasteiger partial charge in [-0.15, -0.1) is 0 Å². The van der Waals surface area contributed by atoms with Gasteiger partial charge < -0.3 is 25.7 Å². The van der Waals surface area contributed by atoms with Crippen molar-refractivity contribution in [1.82, 2.24) is 5.32 Å². The number of aliphatic hydroxyl groups excluding tert-OH is 3. The minimum absolute atomic E-state index is 0.147. The van der Waals surface area contributed by atoms with Crippen LogP contribution in [-0.4, -0.2) is 58.3 Å². The van der Waals surface area contributed by atoms with Crippen LogP contribution < -0.4 is 5.32 Å². The normalized spacial score (nSPS) is 12.2. The third-order valence-electron chi connectivity index (χ3n) is 1.76. The molecule has 0 unspecified atom stereocenters. The number of aliphatic hydroxyl groups is 3. The highest BCUT2D eigenvalue weighted by Crippen LogP contribution is 2.00. The minimum atomic E-state index is -1.16. The van der Waals surface area contributed by atoms with Gasteiger partial charge in [-0.1, -0.05) is 6.08 Å². The third kappa shape index (κ3) is 4.33. The number of hydrogen-bond donors (Lipinski definition) is 5. The summed E-state index contributed by atoms with van der Waals surface area (Å²) in [7, 11) is 0. The molecule has 0 saturated heterocycles. The van der Waals surface area contributed by atoms with Gasteiger partial charge in [0, 0.05) is 12.6 Å². The fourth-order valence-electron chi connectivity index (χ4n) is 0.753. The van der Waals surface area contributed by atoms with Crippen LogP contribution in [0.25, 0.3) is 0 Å². The lowest BCUT2D eigenvalue weighted by Crippen LogP contribution is -2.54. The Hall–Kier alpha value is -0.950. The van der Waals surface area contributed by atoms with Crippen molar-refractivity contribution in [3.05, 3.63) is 12.2 Å². The molecule has 6 heteroatoms. The molecule has 0 fully saturated rings. The van der Waals surface area contributed by atoms with Crippen molar-refractivity contribution in [1.29, 1.82) is 0 Å². The van der Waals surface area contributed by atoms with Gasteiger partial charge >= 0.3 is 5.97 Å². The van der Waals surface area contributed by atoms with Crippen LogP contribution in [0.4, 0.5) is 0 Å². The van der Waals surface area contributed by atoms with Gasteiger partial charge in [-0.3, -0.25) is 0 Å². The zero-order valence-corrected chi connectivity index (χ0v) is 7.68. The molecule has 0 radical (unpaired) electrons. The highest BCUT2D eigenvalue weighted by atomic mass is 16.4. The van der Waals surface area contributed by atoms with Crippen LogP contribution >= 0.6 is 0 Å². The summed E-state index contributed by atoms with van der Waals surface area (Å²) in [5.74, 6) is -1.07. The zero-order chi connectivity index (χ0) is 11.0. The van der Waals surface area contributed by atoms with Crippen LogP contribution in [0.1, 0.15) is 0 Å². The second kappa shape index (κ2) is 6.50. The van der Waals surface area contributed by atoms with Gasteiger partial charge in [0.15, 0.2) is 0 Å². The molecule has 14 heavy (non-hydrogen) atoms. The van der Waals surface area contributed by atoms with Crippen molar-refractivity contribution >= 4 is 5.97 Å². The lowest BCUT2D eigenvalue weighted by molar-refractivity contribution is -0.131. The molecule has 0 aliphatic rings. The van der Waals surface area contributed by atoms with Gasteiger partial charge in [-0.05, 0) is 0 Å². The average molecular weight is 205 g/mol. The second-order valence-corrected chi connectivity index (χ2v) is 2.88. The molecular weight excluding hydrogens is 190 g/mol. The highest BCUT2D eigenvalue weighted by molar-refractivity contribution is 5.79. The number of aliphatic carboxylic acids is 1. The number of carboxylic acids is 1. The van der Waals surface area contributed by atoms with Gasteiger partial charge in [-0.25, -0.2) is 4.79 Å². The van der Waals surface area contributed by atoms with Crippen molar-refractivity contribution in [2.45, 2.75) is 5.54 Å². The first-order valence-corrected chi connectivity index (χ1v) is 4.07. The molecular formula is C8H15NO5. The summed E-state index contributed by atoms with van der Waals surface area (Å²) in [4.78, 5) is 10.1. The molecule has 0 amide bonds. The van der Waals surface area contributed by atoms with Gasteiger partial charge in [0.2, 0.25) is 0 Å². The number of carboxylic acid groups (broad SMARTS) is 1. The molecule has 0 saturated carbocycles. The molecule has 0 aromatic heterocycles. The van der Waals surface area contributed by atoms with Crippen LogP contribution in [0.3, 0.4) is 0 Å². The Morgan fingerprint density at radius 3 is 2.07 bits per heavy atom. The standard InChI is InChI=1S/C8H15NO5/c10-4-8(5-11,6-12)9-3-1-2-7(13)14/h1-2,9-12H,3-6H2,(H,13,14)/b2-1+. The number of nitrogens with one attached hydrogen (secondary N) is 1. The molecule has 0 aliphatic heterocycles. The van der Waals surface area contributed by atoms with Crippen molar-refractivity contribution in [2.75, 3.05) is 26.4 Å². The first-order chi connectivity index (χ1) is 6.60. The van der Waals surface area contributed by atoms with Crippen LogP contribution in [0.2, 0.25) is 0 Å². The van der Waals surface area contributed by atoms with Crippen molar-refractivity contribution < 1.29 is 25.2 Å². The maximum absolute atomic E-state index is 10.1. The van der Waals surface area contributed by atoms with Crippen LogP contribution in [0, 0.1) is 0 Å². The summed E-state index contributed by atoms with van der Waals surface area (Å²) in [6.07, 6.45) is 2.25. The molecule has 0 heterocycles. The number of hydrogen-bond acceptors (Lipinski definition) is 5. The van der Waals surface area contributed by atoms with Crippen molar-refractivity contribution in [3.63, 3.8) is 0 Å². The highest BCUT2D eigenvalue weighted by Gasteiger charge is 2.26. The first kappa shape index (κ1) is 13.1. The first-order valence-electron chi connectivity index (χ1n) is 4.07. The van der Waals surface area contributed by atoms with E-state index in [2.05, 4.69) is 5.32 Å². The maximum atomic E-state index is 10.1. The Kier molecular flexibility index (Phi) is 6.06. The Bertz CT molecular complexity index is 192. The van der Waals surface area contributed by atoms with E-state index in [0.717, 1.165) is 6.08 Å². The van der Waals surface area contributed by atoms with E-state index >= 15 is 0 Å². The molecule has 0 aromatic carbocycles. The fraction of sp³-hybridized carbons (Fsp3) is 0.625. The number of rotatable bonds is 7. The zero-order valence-electron chi connectivity index (χ0n) is 7.68. The SMILES string of the molecule is O=C(O)/C=C/CNC(CO)(CO)CO. The quantitative estimate of drug-likeness (QED) is 0.305. The summed E-state index contributed by atoms with van der Waals surface area (Å²) in [6, 6.07) is 0. The molecule has 0 bridgehead atoms. The van der Waals surface area contributed by atoms with Gasteiger partial charge in [-0.2, -0.15) is 0 Å². The summed E-state index contributed by atoms with van der Waals surface area (Å²) in [6.45, 7) is -1.14. The van der Waals surface area contributed by atoms with Crippen LogP contribution in [0.5, 0.6) is 0 Å². The second-order valence-electron chi connectivity index (χ2n) is 2.88. The van der Waals surface area contributed by atoms with E-state index in [9.17, 15) is 4.79 Å². The molecule has 6 nitrogen and oxygen atoms in total. The van der Waals surface area contributed by atoms with Crippen molar-refractivity contribution in [2.24, 2.45) is 0 Å². The smallest absolute Gasteiger partial charge is 0.328 e. The van der Waals surface area contributed by atoms with E-state index in [0.29, 0.717) is 0 Å². The summed E-state index contributed by atoms with van der Waals surface area (Å²) in [5, 5.41) is 37.5. The Morgan fingerprint density at radius 2 is 1.71 bits per heavy atom. The van der Waals surface area contributed by atoms with E-state index in [1.165, 1.54) is 6.08 Å². The summed E-state index contributed by atoms with van der Waals surface area (Å²) >= 11 is 0. The lowest BCUT2D eigenvalue weighted by atomic mass is 10.0. The predicted octanol–water partition coefficient (Wildman–Crippen LogP) is -2.07. The monoisotopic (exact) mass is 205 g/mol. The number of carbonyl (C=O) groups is 1. The molecule has 5 N–H and O–H groups in total.